The molecule has 0 aliphatic heterocycles. The summed E-state index contributed by atoms with van der Waals surface area (Å²) in [6.45, 7) is 3.90. The number of nitrogens with zero attached hydrogens (tertiary/aromatic N) is 4. The van der Waals surface area contributed by atoms with Crippen LogP contribution in [0.2, 0.25) is 0 Å². The first kappa shape index (κ1) is 27.5. The molecule has 0 spiro atoms. The zero-order valence-electron chi connectivity index (χ0n) is 22.0. The number of nitrogens with one attached hydrogen (secondary N) is 2. The van der Waals surface area contributed by atoms with Crippen molar-refractivity contribution in [1.82, 2.24) is 25.0 Å². The molecule has 2 aromatic carbocycles. The molecule has 3 N–H and O–H groups in total. The number of H-pyrrole nitrogens is 1. The first-order valence-corrected chi connectivity index (χ1v) is 12.7. The minimum atomic E-state index is -0.791. The van der Waals surface area contributed by atoms with Gasteiger partial charge in [0.1, 0.15) is 0 Å². The lowest BCUT2D eigenvalue weighted by molar-refractivity contribution is 0.102. The molecule has 0 aliphatic carbocycles. The number of hydrogen-bond donors (Lipinski definition) is 3. The van der Waals surface area contributed by atoms with Crippen molar-refractivity contribution in [2.75, 3.05) is 26.6 Å². The number of aromatic amines is 1. The Morgan fingerprint density at radius 3 is 2.31 bits per heavy atom. The third-order valence-electron chi connectivity index (χ3n) is 5.62. The van der Waals surface area contributed by atoms with Crippen molar-refractivity contribution in [3.63, 3.8) is 0 Å². The maximum atomic E-state index is 13.7. The highest BCUT2D eigenvalue weighted by atomic mass is 32.2. The summed E-state index contributed by atoms with van der Waals surface area (Å²) in [5, 5.41) is 23.8. The smallest absolute Gasteiger partial charge is 0.271 e. The Morgan fingerprint density at radius 1 is 1.10 bits per heavy atom. The second-order valence-electron chi connectivity index (χ2n) is 8.59. The van der Waals surface area contributed by atoms with Gasteiger partial charge in [0.25, 0.3) is 11.5 Å². The van der Waals surface area contributed by atoms with Gasteiger partial charge in [-0.25, -0.2) is 0 Å². The number of aromatic nitrogens is 5. The summed E-state index contributed by atoms with van der Waals surface area (Å²) < 4.78 is 17.6. The Morgan fingerprint density at radius 2 is 1.77 bits per heavy atom. The summed E-state index contributed by atoms with van der Waals surface area (Å²) in [5.41, 5.74) is 1.41. The molecule has 12 nitrogen and oxygen atoms in total. The molecule has 204 valence electrons. The third-order valence-corrected chi connectivity index (χ3v) is 6.61. The number of carbonyl (C=O) groups excluding carboxylic acids is 1. The van der Waals surface area contributed by atoms with Gasteiger partial charge < -0.3 is 24.6 Å². The molecular formula is C26H28N6O6S. The lowest BCUT2D eigenvalue weighted by Gasteiger charge is -2.18. The lowest BCUT2D eigenvalue weighted by Crippen LogP contribution is -2.32. The summed E-state index contributed by atoms with van der Waals surface area (Å²) in [6.07, 6.45) is 1.57. The van der Waals surface area contributed by atoms with Crippen LogP contribution in [0.4, 0.5) is 5.69 Å². The highest BCUT2D eigenvalue weighted by molar-refractivity contribution is 7.99. The summed E-state index contributed by atoms with van der Waals surface area (Å²) in [5.74, 6) is -0.205. The number of carbonyl (C=O) groups is 1. The molecule has 0 unspecified atom stereocenters. The van der Waals surface area contributed by atoms with E-state index in [1.165, 1.54) is 37.7 Å². The average molecular weight is 553 g/mol. The van der Waals surface area contributed by atoms with Gasteiger partial charge in [-0.1, -0.05) is 43.0 Å². The van der Waals surface area contributed by atoms with E-state index in [1.54, 1.807) is 42.6 Å². The number of aromatic hydroxyl groups is 1. The van der Waals surface area contributed by atoms with E-state index in [4.69, 9.17) is 14.2 Å². The fourth-order valence-electron chi connectivity index (χ4n) is 3.84. The quantitative estimate of drug-likeness (QED) is 0.197. The second-order valence-corrected chi connectivity index (χ2v) is 10.1. The highest BCUT2D eigenvalue weighted by Gasteiger charge is 2.24. The Hall–Kier alpha value is -4.52. The number of thioether (sulfide) groups is 1. The minimum Gasteiger partial charge on any atom is -0.493 e. The maximum absolute atomic E-state index is 13.7. The molecule has 39 heavy (non-hydrogen) atoms. The highest BCUT2D eigenvalue weighted by Crippen LogP contribution is 2.38. The Kier molecular flexibility index (Phi) is 8.39. The van der Waals surface area contributed by atoms with Crippen molar-refractivity contribution < 1.29 is 24.1 Å². The number of methoxy groups -OCH3 is 3. The standard InChI is InChI=1S/C26H28N6O6S/c1-14(2)39-26-29-24(34)21(23(33)28-17-8-6-16(7-9-17)18-12-27-31-30-18)25(35)32(26)13-15-10-19(36-3)22(38-5)20(11-15)37-4/h6-12,14,34H,13H2,1-5H3,(H,28,33)(H,27,30,31). The molecule has 0 saturated heterocycles. The van der Waals surface area contributed by atoms with E-state index < -0.39 is 22.9 Å². The van der Waals surface area contributed by atoms with E-state index in [-0.39, 0.29) is 17.0 Å². The van der Waals surface area contributed by atoms with E-state index in [1.807, 2.05) is 13.8 Å². The summed E-state index contributed by atoms with van der Waals surface area (Å²) in [4.78, 5) is 31.0. The van der Waals surface area contributed by atoms with Crippen molar-refractivity contribution in [3.8, 4) is 34.4 Å². The fourth-order valence-corrected chi connectivity index (χ4v) is 4.67. The van der Waals surface area contributed by atoms with Crippen molar-refractivity contribution in [2.45, 2.75) is 30.8 Å². The van der Waals surface area contributed by atoms with Crippen LogP contribution in [-0.2, 0) is 6.54 Å². The van der Waals surface area contributed by atoms with Crippen LogP contribution >= 0.6 is 11.8 Å². The SMILES string of the molecule is COc1cc(Cn2c(SC(C)C)nc(O)c(C(=O)Nc3ccc(-c4cnn[nH]4)cc3)c2=O)cc(OC)c1OC. The predicted octanol–water partition coefficient (Wildman–Crippen LogP) is 3.56. The molecule has 0 fully saturated rings. The van der Waals surface area contributed by atoms with Crippen LogP contribution in [-0.4, -0.2) is 62.6 Å². The van der Waals surface area contributed by atoms with E-state index >= 15 is 0 Å². The van der Waals surface area contributed by atoms with Gasteiger partial charge in [-0.3, -0.25) is 19.3 Å². The molecular weight excluding hydrogens is 524 g/mol. The van der Waals surface area contributed by atoms with Gasteiger partial charge in [0.2, 0.25) is 11.6 Å². The normalized spacial score (nSPS) is 10.9. The minimum absolute atomic E-state index is 0.0328. The first-order valence-electron chi connectivity index (χ1n) is 11.8. The largest absolute Gasteiger partial charge is 0.493 e. The Bertz CT molecular complexity index is 1490. The second kappa shape index (κ2) is 11.9. The lowest BCUT2D eigenvalue weighted by atomic mass is 10.1. The Labute approximate surface area is 228 Å². The first-order chi connectivity index (χ1) is 18.7. The van der Waals surface area contributed by atoms with Crippen LogP contribution in [0.3, 0.4) is 0 Å². The predicted molar refractivity (Wildman–Crippen MR) is 146 cm³/mol. The van der Waals surface area contributed by atoms with Crippen molar-refractivity contribution in [3.05, 3.63) is 64.1 Å². The number of amides is 1. The van der Waals surface area contributed by atoms with E-state index in [2.05, 4.69) is 25.7 Å². The van der Waals surface area contributed by atoms with Crippen LogP contribution in [0, 0.1) is 0 Å². The van der Waals surface area contributed by atoms with Gasteiger partial charge in [0.05, 0.1) is 39.8 Å². The summed E-state index contributed by atoms with van der Waals surface area (Å²) >= 11 is 1.28. The fraction of sp³-hybridized carbons (Fsp3) is 0.269. The molecule has 4 rings (SSSR count). The van der Waals surface area contributed by atoms with Crippen LogP contribution in [0.1, 0.15) is 29.8 Å². The molecule has 2 aromatic heterocycles. The van der Waals surface area contributed by atoms with Gasteiger partial charge in [-0.05, 0) is 29.8 Å². The monoisotopic (exact) mass is 552 g/mol. The molecule has 4 aromatic rings. The molecule has 0 atom stereocenters. The van der Waals surface area contributed by atoms with Crippen LogP contribution in [0.15, 0.2) is 52.5 Å². The van der Waals surface area contributed by atoms with Crippen molar-refractivity contribution in [1.29, 1.82) is 0 Å². The topological polar surface area (TPSA) is 153 Å². The molecule has 2 heterocycles. The van der Waals surface area contributed by atoms with Gasteiger partial charge in [0, 0.05) is 16.5 Å². The van der Waals surface area contributed by atoms with E-state index in [0.29, 0.717) is 34.2 Å². The third kappa shape index (κ3) is 5.98. The molecule has 0 aliphatic rings. The molecule has 0 saturated carbocycles. The molecule has 1 amide bonds. The zero-order chi connectivity index (χ0) is 28.1. The van der Waals surface area contributed by atoms with E-state index in [0.717, 1.165) is 5.56 Å². The Balaban J connectivity index is 1.71. The molecule has 0 bridgehead atoms. The van der Waals surface area contributed by atoms with Gasteiger partial charge in [-0.2, -0.15) is 4.98 Å². The zero-order valence-corrected chi connectivity index (χ0v) is 22.8. The van der Waals surface area contributed by atoms with Crippen molar-refractivity contribution in [2.24, 2.45) is 0 Å². The van der Waals surface area contributed by atoms with Gasteiger partial charge in [-0.15, -0.1) is 5.10 Å². The maximum Gasteiger partial charge on any atom is 0.271 e. The number of ether oxygens (including phenoxy) is 3. The van der Waals surface area contributed by atoms with Crippen LogP contribution < -0.4 is 25.1 Å². The summed E-state index contributed by atoms with van der Waals surface area (Å²) in [7, 11) is 4.49. The van der Waals surface area contributed by atoms with E-state index in [9.17, 15) is 14.7 Å². The average Bonchev–Trinajstić information content (AvgIpc) is 3.45. The number of rotatable bonds is 10. The molecule has 13 heteroatoms. The molecule has 0 radical (unpaired) electrons. The van der Waals surface area contributed by atoms with Crippen LogP contribution in [0.5, 0.6) is 23.1 Å². The number of anilines is 1. The number of hydrogen-bond acceptors (Lipinski definition) is 10. The van der Waals surface area contributed by atoms with Crippen LogP contribution in [0.25, 0.3) is 11.3 Å². The van der Waals surface area contributed by atoms with Gasteiger partial charge >= 0.3 is 0 Å². The summed E-state index contributed by atoms with van der Waals surface area (Å²) in [6, 6.07) is 10.3. The van der Waals surface area contributed by atoms with Gasteiger partial charge in [0.15, 0.2) is 22.2 Å². The number of benzene rings is 2. The van der Waals surface area contributed by atoms with Crippen molar-refractivity contribution >= 4 is 23.4 Å².